The minimum absolute atomic E-state index is 0.596. The van der Waals surface area contributed by atoms with Gasteiger partial charge in [0, 0.05) is 25.8 Å². The Kier molecular flexibility index (Phi) is 3.03. The average Bonchev–Trinajstić information content (AvgIpc) is 3.25. The van der Waals surface area contributed by atoms with Crippen molar-refractivity contribution in [2.45, 2.75) is 31.7 Å². The van der Waals surface area contributed by atoms with Crippen LogP contribution in [0.1, 0.15) is 31.7 Å². The second-order valence-corrected chi connectivity index (χ2v) is 5.71. The molecule has 0 radical (unpaired) electrons. The number of ether oxygens (including phenoxy) is 1. The molecular weight excluding hydrogens is 254 g/mol. The van der Waals surface area contributed by atoms with Crippen molar-refractivity contribution in [1.82, 2.24) is 19.5 Å². The summed E-state index contributed by atoms with van der Waals surface area (Å²) in [6, 6.07) is 0.596. The van der Waals surface area contributed by atoms with E-state index in [1.54, 1.807) is 6.33 Å². The van der Waals surface area contributed by atoms with Gasteiger partial charge in [-0.05, 0) is 31.6 Å². The van der Waals surface area contributed by atoms with E-state index < -0.39 is 0 Å². The Balaban J connectivity index is 1.53. The molecule has 2 aromatic rings. The first kappa shape index (κ1) is 12.1. The molecule has 6 nitrogen and oxygen atoms in total. The third-order valence-electron chi connectivity index (χ3n) is 4.20. The maximum Gasteiger partial charge on any atom is 0.165 e. The van der Waals surface area contributed by atoms with E-state index in [1.165, 1.54) is 12.8 Å². The molecule has 20 heavy (non-hydrogen) atoms. The van der Waals surface area contributed by atoms with Crippen LogP contribution in [0.25, 0.3) is 11.2 Å². The summed E-state index contributed by atoms with van der Waals surface area (Å²) in [4.78, 5) is 13.2. The number of hydrogen-bond donors (Lipinski definition) is 1. The van der Waals surface area contributed by atoms with Crippen molar-refractivity contribution in [1.29, 1.82) is 0 Å². The standard InChI is InChI=1S/C14H19N5O/c1-2-11(1)19-9-18-12-13(16-8-17-14(12)19)15-7-10-3-5-20-6-4-10/h8-11H,1-7H2,(H,15,16,17). The normalized spacial score (nSPS) is 20.4. The number of rotatable bonds is 4. The first-order valence-corrected chi connectivity index (χ1v) is 7.41. The molecule has 0 amide bonds. The number of hydrogen-bond acceptors (Lipinski definition) is 5. The van der Waals surface area contributed by atoms with Crippen LogP contribution < -0.4 is 5.32 Å². The number of nitrogens with one attached hydrogen (secondary N) is 1. The van der Waals surface area contributed by atoms with Crippen LogP contribution in [0.2, 0.25) is 0 Å². The molecule has 2 fully saturated rings. The van der Waals surface area contributed by atoms with Crippen LogP contribution in [0.15, 0.2) is 12.7 Å². The lowest BCUT2D eigenvalue weighted by Crippen LogP contribution is -2.23. The summed E-state index contributed by atoms with van der Waals surface area (Å²) in [5.41, 5.74) is 1.85. The van der Waals surface area contributed by atoms with Gasteiger partial charge in [-0.3, -0.25) is 0 Å². The van der Waals surface area contributed by atoms with Crippen molar-refractivity contribution in [2.24, 2.45) is 5.92 Å². The Labute approximate surface area is 117 Å². The predicted molar refractivity (Wildman–Crippen MR) is 75.6 cm³/mol. The molecule has 1 aliphatic carbocycles. The summed E-state index contributed by atoms with van der Waals surface area (Å²) >= 11 is 0. The maximum atomic E-state index is 5.39. The first-order valence-electron chi connectivity index (χ1n) is 7.41. The van der Waals surface area contributed by atoms with E-state index in [1.807, 2.05) is 6.33 Å². The largest absolute Gasteiger partial charge is 0.381 e. The third-order valence-corrected chi connectivity index (χ3v) is 4.20. The lowest BCUT2D eigenvalue weighted by molar-refractivity contribution is 0.0699. The van der Waals surface area contributed by atoms with Gasteiger partial charge in [0.25, 0.3) is 0 Å². The second-order valence-electron chi connectivity index (χ2n) is 5.71. The summed E-state index contributed by atoms with van der Waals surface area (Å²) < 4.78 is 7.57. The number of nitrogens with zero attached hydrogens (tertiary/aromatic N) is 4. The smallest absolute Gasteiger partial charge is 0.165 e. The minimum atomic E-state index is 0.596. The molecule has 2 aromatic heterocycles. The van der Waals surface area contributed by atoms with Gasteiger partial charge in [-0.1, -0.05) is 0 Å². The molecule has 106 valence electrons. The van der Waals surface area contributed by atoms with Crippen molar-refractivity contribution in [3.8, 4) is 0 Å². The fourth-order valence-corrected chi connectivity index (χ4v) is 2.79. The molecule has 1 aliphatic heterocycles. The predicted octanol–water partition coefficient (Wildman–Crippen LogP) is 2.00. The van der Waals surface area contributed by atoms with Gasteiger partial charge in [-0.15, -0.1) is 0 Å². The summed E-state index contributed by atoms with van der Waals surface area (Å²) in [7, 11) is 0. The van der Waals surface area contributed by atoms with Gasteiger partial charge < -0.3 is 14.6 Å². The molecule has 0 atom stereocenters. The molecule has 1 N–H and O–H groups in total. The summed E-state index contributed by atoms with van der Waals surface area (Å²) in [5, 5.41) is 3.45. The van der Waals surface area contributed by atoms with Gasteiger partial charge in [-0.2, -0.15) is 0 Å². The molecule has 4 rings (SSSR count). The Bertz CT molecular complexity index is 601. The van der Waals surface area contributed by atoms with Crippen LogP contribution in [-0.4, -0.2) is 39.3 Å². The van der Waals surface area contributed by atoms with Crippen molar-refractivity contribution in [3.63, 3.8) is 0 Å². The van der Waals surface area contributed by atoms with E-state index in [4.69, 9.17) is 4.74 Å². The van der Waals surface area contributed by atoms with Crippen molar-refractivity contribution >= 4 is 17.0 Å². The third kappa shape index (κ3) is 2.24. The topological polar surface area (TPSA) is 64.9 Å². The SMILES string of the molecule is c1nc(NCC2CCOCC2)c2ncn(C3CC3)c2n1. The number of imidazole rings is 1. The van der Waals surface area contributed by atoms with Gasteiger partial charge in [0.05, 0.1) is 6.33 Å². The fourth-order valence-electron chi connectivity index (χ4n) is 2.79. The van der Waals surface area contributed by atoms with Gasteiger partial charge in [0.2, 0.25) is 0 Å². The Morgan fingerprint density at radius 3 is 2.80 bits per heavy atom. The molecule has 0 bridgehead atoms. The zero-order valence-corrected chi connectivity index (χ0v) is 11.5. The monoisotopic (exact) mass is 273 g/mol. The van der Waals surface area contributed by atoms with E-state index >= 15 is 0 Å². The Morgan fingerprint density at radius 1 is 1.15 bits per heavy atom. The van der Waals surface area contributed by atoms with Crippen LogP contribution in [0.4, 0.5) is 5.82 Å². The van der Waals surface area contributed by atoms with Crippen LogP contribution in [0.3, 0.4) is 0 Å². The van der Waals surface area contributed by atoms with Crippen LogP contribution in [-0.2, 0) is 4.74 Å². The highest BCUT2D eigenvalue weighted by atomic mass is 16.5. The molecule has 6 heteroatoms. The number of fused-ring (bicyclic) bond motifs is 1. The molecule has 1 saturated carbocycles. The van der Waals surface area contributed by atoms with E-state index in [0.29, 0.717) is 12.0 Å². The van der Waals surface area contributed by atoms with Crippen molar-refractivity contribution in [3.05, 3.63) is 12.7 Å². The van der Waals surface area contributed by atoms with E-state index in [9.17, 15) is 0 Å². The van der Waals surface area contributed by atoms with E-state index in [0.717, 1.165) is 49.6 Å². The Hall–Kier alpha value is -1.69. The molecule has 0 spiro atoms. The molecule has 0 aromatic carbocycles. The van der Waals surface area contributed by atoms with E-state index in [-0.39, 0.29) is 0 Å². The molecule has 2 aliphatic rings. The molecule has 0 unspecified atom stereocenters. The lowest BCUT2D eigenvalue weighted by Gasteiger charge is -2.22. The number of aromatic nitrogens is 4. The van der Waals surface area contributed by atoms with E-state index in [2.05, 4.69) is 24.8 Å². The molecular formula is C14H19N5O. The summed E-state index contributed by atoms with van der Waals surface area (Å²) in [6.45, 7) is 2.69. The highest BCUT2D eigenvalue weighted by Crippen LogP contribution is 2.37. The zero-order valence-electron chi connectivity index (χ0n) is 11.5. The Morgan fingerprint density at radius 2 is 2.00 bits per heavy atom. The second kappa shape index (κ2) is 5.01. The lowest BCUT2D eigenvalue weighted by atomic mass is 10.0. The summed E-state index contributed by atoms with van der Waals surface area (Å²) in [6.07, 6.45) is 8.25. The van der Waals surface area contributed by atoms with Gasteiger partial charge in [0.15, 0.2) is 11.5 Å². The highest BCUT2D eigenvalue weighted by molar-refractivity contribution is 5.82. The van der Waals surface area contributed by atoms with Gasteiger partial charge in [0.1, 0.15) is 11.8 Å². The quantitative estimate of drug-likeness (QED) is 0.923. The minimum Gasteiger partial charge on any atom is -0.381 e. The van der Waals surface area contributed by atoms with Crippen LogP contribution in [0.5, 0.6) is 0 Å². The molecule has 1 saturated heterocycles. The molecule has 3 heterocycles. The maximum absolute atomic E-state index is 5.39. The van der Waals surface area contributed by atoms with Crippen molar-refractivity contribution in [2.75, 3.05) is 25.1 Å². The summed E-state index contributed by atoms with van der Waals surface area (Å²) in [5.74, 6) is 1.53. The average molecular weight is 273 g/mol. The van der Waals surface area contributed by atoms with Crippen LogP contribution >= 0.6 is 0 Å². The zero-order chi connectivity index (χ0) is 13.4. The van der Waals surface area contributed by atoms with Crippen LogP contribution in [0, 0.1) is 5.92 Å². The van der Waals surface area contributed by atoms with Crippen molar-refractivity contribution < 1.29 is 4.74 Å². The number of anilines is 1. The fraction of sp³-hybridized carbons (Fsp3) is 0.643. The highest BCUT2D eigenvalue weighted by Gasteiger charge is 2.26. The van der Waals surface area contributed by atoms with Gasteiger partial charge in [-0.25, -0.2) is 15.0 Å². The first-order chi connectivity index (χ1) is 9.92. The van der Waals surface area contributed by atoms with Gasteiger partial charge >= 0.3 is 0 Å².